The zero-order valence-electron chi connectivity index (χ0n) is 15.3. The van der Waals surface area contributed by atoms with E-state index in [4.69, 9.17) is 21.8 Å². The largest absolute Gasteiger partial charge is 0.451 e. The molecule has 4 nitrogen and oxygen atoms in total. The van der Waals surface area contributed by atoms with Crippen molar-refractivity contribution in [2.24, 2.45) is 17.1 Å². The Balaban J connectivity index is 1.39. The molecule has 1 aromatic carbocycles. The van der Waals surface area contributed by atoms with Gasteiger partial charge in [-0.05, 0) is 68.2 Å². The number of furan rings is 1. The molecule has 2 aliphatic carbocycles. The Bertz CT molecular complexity index is 858. The predicted molar refractivity (Wildman–Crippen MR) is 109 cm³/mol. The highest BCUT2D eigenvalue weighted by atomic mass is 35.5. The summed E-state index contributed by atoms with van der Waals surface area (Å²) in [5.74, 6) is 0.617. The van der Waals surface area contributed by atoms with Crippen molar-refractivity contribution >= 4 is 28.5 Å². The van der Waals surface area contributed by atoms with E-state index in [1.807, 2.05) is 36.4 Å². The minimum atomic E-state index is -0.139. The van der Waals surface area contributed by atoms with Crippen LogP contribution in [0.15, 0.2) is 58.0 Å². The van der Waals surface area contributed by atoms with Crippen LogP contribution in [0.2, 0.25) is 0 Å². The number of nitrogens with one attached hydrogen (secondary N) is 1. The molecule has 1 saturated carbocycles. The Kier molecular flexibility index (Phi) is 5.11. The molecule has 3 N–H and O–H groups in total. The Morgan fingerprint density at radius 2 is 2.07 bits per heavy atom. The highest BCUT2D eigenvalue weighted by molar-refractivity contribution is 6.29. The van der Waals surface area contributed by atoms with Gasteiger partial charge in [0.2, 0.25) is 0 Å². The molecule has 4 rings (SSSR count). The molecule has 1 heterocycles. The Hall–Kier alpha value is -2.04. The Morgan fingerprint density at radius 1 is 1.30 bits per heavy atom. The third-order valence-corrected chi connectivity index (χ3v) is 6.47. The van der Waals surface area contributed by atoms with E-state index < -0.39 is 0 Å². The van der Waals surface area contributed by atoms with Crippen LogP contribution >= 0.6 is 11.6 Å². The van der Waals surface area contributed by atoms with Gasteiger partial charge in [-0.3, -0.25) is 4.79 Å². The number of hydrogen-bond donors (Lipinski definition) is 2. The first-order valence-corrected chi connectivity index (χ1v) is 10.00. The van der Waals surface area contributed by atoms with Gasteiger partial charge in [0.25, 0.3) is 5.91 Å². The SMILES string of the molecule is NCC1(C2C=CC=C(Cl)C2)CCC(NC(=O)c2cc3ccccc3o2)CC1. The van der Waals surface area contributed by atoms with Gasteiger partial charge in [0, 0.05) is 16.5 Å². The molecule has 1 amide bonds. The fourth-order valence-electron chi connectivity index (χ4n) is 4.47. The molecule has 0 aliphatic heterocycles. The molecule has 5 heteroatoms. The van der Waals surface area contributed by atoms with Crippen LogP contribution in [0.1, 0.15) is 42.7 Å². The lowest BCUT2D eigenvalue weighted by Crippen LogP contribution is -2.46. The smallest absolute Gasteiger partial charge is 0.287 e. The number of benzene rings is 1. The highest BCUT2D eigenvalue weighted by Crippen LogP contribution is 2.46. The van der Waals surface area contributed by atoms with Gasteiger partial charge in [0.1, 0.15) is 5.58 Å². The maximum absolute atomic E-state index is 12.6. The van der Waals surface area contributed by atoms with Gasteiger partial charge in [0.05, 0.1) is 0 Å². The maximum Gasteiger partial charge on any atom is 0.287 e. The molecule has 0 bridgehead atoms. The topological polar surface area (TPSA) is 68.3 Å². The first-order chi connectivity index (χ1) is 13.1. The molecule has 1 atom stereocenters. The summed E-state index contributed by atoms with van der Waals surface area (Å²) in [5.41, 5.74) is 7.01. The second-order valence-electron chi connectivity index (χ2n) is 7.77. The van der Waals surface area contributed by atoms with Crippen molar-refractivity contribution in [3.05, 3.63) is 59.4 Å². The average molecular weight is 385 g/mol. The van der Waals surface area contributed by atoms with Gasteiger partial charge in [0.15, 0.2) is 5.76 Å². The normalized spacial score (nSPS) is 28.1. The number of hydrogen-bond acceptors (Lipinski definition) is 3. The molecule has 1 aromatic heterocycles. The summed E-state index contributed by atoms with van der Waals surface area (Å²) in [5, 5.41) is 4.99. The number of amides is 1. The van der Waals surface area contributed by atoms with Crippen LogP contribution in [-0.4, -0.2) is 18.5 Å². The molecule has 0 saturated heterocycles. The number of allylic oxidation sites excluding steroid dienone is 4. The fraction of sp³-hybridized carbons (Fsp3) is 0.409. The van der Waals surface area contributed by atoms with Gasteiger partial charge in [-0.2, -0.15) is 0 Å². The molecule has 27 heavy (non-hydrogen) atoms. The molecule has 1 fully saturated rings. The van der Waals surface area contributed by atoms with Crippen LogP contribution < -0.4 is 11.1 Å². The van der Waals surface area contributed by atoms with Crippen LogP contribution in [0.3, 0.4) is 0 Å². The summed E-state index contributed by atoms with van der Waals surface area (Å²) < 4.78 is 5.68. The molecule has 142 valence electrons. The number of halogens is 1. The van der Waals surface area contributed by atoms with Crippen LogP contribution in [0.5, 0.6) is 0 Å². The zero-order chi connectivity index (χ0) is 18.9. The van der Waals surface area contributed by atoms with Crippen molar-refractivity contribution in [1.29, 1.82) is 0 Å². The number of nitrogens with two attached hydrogens (primary N) is 1. The summed E-state index contributed by atoms with van der Waals surface area (Å²) in [4.78, 5) is 12.6. The number of rotatable bonds is 4. The van der Waals surface area contributed by atoms with Gasteiger partial charge < -0.3 is 15.5 Å². The first kappa shape index (κ1) is 18.3. The van der Waals surface area contributed by atoms with Crippen molar-refractivity contribution in [3.8, 4) is 0 Å². The number of fused-ring (bicyclic) bond motifs is 1. The summed E-state index contributed by atoms with van der Waals surface area (Å²) >= 11 is 6.25. The summed E-state index contributed by atoms with van der Waals surface area (Å²) in [7, 11) is 0. The minimum absolute atomic E-state index is 0.0749. The number of carbonyl (C=O) groups excluding carboxylic acids is 1. The number of para-hydroxylation sites is 1. The molecule has 0 radical (unpaired) electrons. The molecule has 2 aromatic rings. The first-order valence-electron chi connectivity index (χ1n) is 9.62. The van der Waals surface area contributed by atoms with Gasteiger partial charge in [-0.1, -0.05) is 42.0 Å². The van der Waals surface area contributed by atoms with E-state index >= 15 is 0 Å². The summed E-state index contributed by atoms with van der Waals surface area (Å²) in [6.07, 6.45) is 11.0. The minimum Gasteiger partial charge on any atom is -0.451 e. The second-order valence-corrected chi connectivity index (χ2v) is 8.26. The molecular weight excluding hydrogens is 360 g/mol. The van der Waals surface area contributed by atoms with Crippen molar-refractivity contribution in [2.75, 3.05) is 6.54 Å². The van der Waals surface area contributed by atoms with E-state index in [9.17, 15) is 4.79 Å². The summed E-state index contributed by atoms with van der Waals surface area (Å²) in [6, 6.07) is 9.63. The van der Waals surface area contributed by atoms with Crippen LogP contribution in [0, 0.1) is 11.3 Å². The third kappa shape index (κ3) is 3.69. The van der Waals surface area contributed by atoms with E-state index in [-0.39, 0.29) is 17.4 Å². The van der Waals surface area contributed by atoms with Gasteiger partial charge >= 0.3 is 0 Å². The Morgan fingerprint density at radius 3 is 2.78 bits per heavy atom. The molecular formula is C22H25ClN2O2. The quantitative estimate of drug-likeness (QED) is 0.799. The van der Waals surface area contributed by atoms with Gasteiger partial charge in [-0.25, -0.2) is 0 Å². The maximum atomic E-state index is 12.6. The van der Waals surface area contributed by atoms with Crippen LogP contribution in [0.25, 0.3) is 11.0 Å². The molecule has 0 spiro atoms. The van der Waals surface area contributed by atoms with Crippen molar-refractivity contribution in [1.82, 2.24) is 5.32 Å². The molecule has 1 unspecified atom stereocenters. The van der Waals surface area contributed by atoms with Crippen molar-refractivity contribution in [2.45, 2.75) is 38.1 Å². The van der Waals surface area contributed by atoms with Gasteiger partial charge in [-0.15, -0.1) is 0 Å². The summed E-state index contributed by atoms with van der Waals surface area (Å²) in [6.45, 7) is 0.649. The Labute approximate surface area is 164 Å². The lowest BCUT2D eigenvalue weighted by atomic mass is 9.63. The lowest BCUT2D eigenvalue weighted by molar-refractivity contribution is 0.0830. The predicted octanol–water partition coefficient (Wildman–Crippen LogP) is 4.75. The number of carbonyl (C=O) groups is 1. The second kappa shape index (κ2) is 7.53. The average Bonchev–Trinajstić information content (AvgIpc) is 3.13. The third-order valence-electron chi connectivity index (χ3n) is 6.19. The fourth-order valence-corrected chi connectivity index (χ4v) is 4.71. The van der Waals surface area contributed by atoms with E-state index in [0.717, 1.165) is 48.1 Å². The lowest BCUT2D eigenvalue weighted by Gasteiger charge is -2.44. The molecule has 2 aliphatic rings. The highest BCUT2D eigenvalue weighted by Gasteiger charge is 2.40. The standard InChI is InChI=1S/C22H25ClN2O2/c23-17-6-3-5-16(13-17)22(14-24)10-8-18(9-11-22)25-21(26)20-12-15-4-1-2-7-19(15)27-20/h1-7,12,16,18H,8-11,13-14,24H2,(H,25,26). The van der Waals surface area contributed by atoms with E-state index in [0.29, 0.717) is 18.2 Å². The van der Waals surface area contributed by atoms with E-state index in [1.54, 1.807) is 6.07 Å². The monoisotopic (exact) mass is 384 g/mol. The zero-order valence-corrected chi connectivity index (χ0v) is 16.0. The van der Waals surface area contributed by atoms with E-state index in [2.05, 4.69) is 11.4 Å². The van der Waals surface area contributed by atoms with E-state index in [1.165, 1.54) is 0 Å². The van der Waals surface area contributed by atoms with Crippen molar-refractivity contribution < 1.29 is 9.21 Å². The van der Waals surface area contributed by atoms with Crippen LogP contribution in [-0.2, 0) is 0 Å². The van der Waals surface area contributed by atoms with Crippen molar-refractivity contribution in [3.63, 3.8) is 0 Å². The van der Waals surface area contributed by atoms with Crippen LogP contribution in [0.4, 0.5) is 0 Å².